The van der Waals surface area contributed by atoms with Crippen LogP contribution in [-0.4, -0.2) is 10.9 Å². The van der Waals surface area contributed by atoms with Crippen molar-refractivity contribution >= 4 is 45.6 Å². The Kier molecular flexibility index (Phi) is 4.99. The van der Waals surface area contributed by atoms with Crippen molar-refractivity contribution in [1.82, 2.24) is 4.98 Å². The van der Waals surface area contributed by atoms with Gasteiger partial charge in [-0.2, -0.15) is 0 Å². The summed E-state index contributed by atoms with van der Waals surface area (Å²) in [6, 6.07) is 6.38. The van der Waals surface area contributed by atoms with E-state index in [0.29, 0.717) is 27.4 Å². The van der Waals surface area contributed by atoms with E-state index in [1.807, 2.05) is 0 Å². The third-order valence-electron chi connectivity index (χ3n) is 3.21. The first kappa shape index (κ1) is 17.7. The molecular formula is C16H7Cl2F3N2OS. The van der Waals surface area contributed by atoms with E-state index in [2.05, 4.69) is 10.3 Å². The molecule has 0 bridgehead atoms. The van der Waals surface area contributed by atoms with Gasteiger partial charge in [0.2, 0.25) is 0 Å². The Morgan fingerprint density at radius 1 is 1.08 bits per heavy atom. The average molecular weight is 403 g/mol. The van der Waals surface area contributed by atoms with E-state index < -0.39 is 28.9 Å². The van der Waals surface area contributed by atoms with E-state index in [9.17, 15) is 18.0 Å². The van der Waals surface area contributed by atoms with Crippen molar-refractivity contribution in [2.24, 2.45) is 0 Å². The Morgan fingerprint density at radius 2 is 1.84 bits per heavy atom. The molecule has 0 atom stereocenters. The maximum atomic E-state index is 13.7. The summed E-state index contributed by atoms with van der Waals surface area (Å²) in [4.78, 5) is 16.2. The van der Waals surface area contributed by atoms with Crippen LogP contribution in [0.15, 0.2) is 35.7 Å². The normalized spacial score (nSPS) is 10.8. The predicted octanol–water partition coefficient (Wildman–Crippen LogP) is 5.79. The molecule has 3 nitrogen and oxygen atoms in total. The zero-order valence-electron chi connectivity index (χ0n) is 12.1. The van der Waals surface area contributed by atoms with Gasteiger partial charge in [0.1, 0.15) is 0 Å². The summed E-state index contributed by atoms with van der Waals surface area (Å²) < 4.78 is 39.8. The fourth-order valence-electron chi connectivity index (χ4n) is 2.02. The molecule has 0 spiro atoms. The standard InChI is InChI=1S/C16H7Cl2F3N2OS/c17-7-1-2-8(10(18)5-7)12-6-25-16(22-12)23-15(24)9-3-4-11(19)14(21)13(9)20/h1-6H,(H,22,23,24). The number of hydrogen-bond acceptors (Lipinski definition) is 3. The van der Waals surface area contributed by atoms with Crippen LogP contribution >= 0.6 is 34.5 Å². The zero-order chi connectivity index (χ0) is 18.1. The van der Waals surface area contributed by atoms with Gasteiger partial charge in [0.15, 0.2) is 22.6 Å². The zero-order valence-corrected chi connectivity index (χ0v) is 14.4. The number of carbonyl (C=O) groups excluding carboxylic acids is 1. The van der Waals surface area contributed by atoms with Gasteiger partial charge in [-0.1, -0.05) is 23.2 Å². The lowest BCUT2D eigenvalue weighted by Crippen LogP contribution is -2.15. The second-order valence-electron chi connectivity index (χ2n) is 4.84. The number of hydrogen-bond donors (Lipinski definition) is 1. The Hall–Kier alpha value is -2.09. The molecule has 0 aliphatic rings. The van der Waals surface area contributed by atoms with E-state index in [4.69, 9.17) is 23.2 Å². The number of halogens is 5. The number of nitrogens with zero attached hydrogens (tertiary/aromatic N) is 1. The number of carbonyl (C=O) groups is 1. The Morgan fingerprint density at radius 3 is 2.56 bits per heavy atom. The minimum absolute atomic E-state index is 0.148. The van der Waals surface area contributed by atoms with Crippen LogP contribution in [0.3, 0.4) is 0 Å². The summed E-state index contributed by atoms with van der Waals surface area (Å²) in [5, 5.41) is 4.96. The van der Waals surface area contributed by atoms with Crippen molar-refractivity contribution in [3.05, 3.63) is 68.8 Å². The largest absolute Gasteiger partial charge is 0.298 e. The van der Waals surface area contributed by atoms with Crippen LogP contribution < -0.4 is 5.32 Å². The molecule has 0 fully saturated rings. The van der Waals surface area contributed by atoms with Crippen LogP contribution in [-0.2, 0) is 0 Å². The van der Waals surface area contributed by atoms with Gasteiger partial charge < -0.3 is 0 Å². The molecule has 9 heteroatoms. The van der Waals surface area contributed by atoms with Gasteiger partial charge in [-0.3, -0.25) is 10.1 Å². The first-order valence-electron chi connectivity index (χ1n) is 6.72. The molecule has 3 aromatic rings. The molecule has 0 radical (unpaired) electrons. The number of anilines is 1. The van der Waals surface area contributed by atoms with Crippen molar-refractivity contribution in [2.45, 2.75) is 0 Å². The summed E-state index contributed by atoms with van der Waals surface area (Å²) in [5.74, 6) is -5.59. The molecule has 0 saturated carbocycles. The lowest BCUT2D eigenvalue weighted by Gasteiger charge is -2.04. The van der Waals surface area contributed by atoms with Crippen LogP contribution in [0.5, 0.6) is 0 Å². The topological polar surface area (TPSA) is 42.0 Å². The van der Waals surface area contributed by atoms with Gasteiger partial charge in [-0.05, 0) is 30.3 Å². The first-order valence-corrected chi connectivity index (χ1v) is 8.36. The maximum absolute atomic E-state index is 13.7. The minimum Gasteiger partial charge on any atom is -0.298 e. The molecule has 3 rings (SSSR count). The molecule has 0 aliphatic carbocycles. The van der Waals surface area contributed by atoms with Crippen LogP contribution in [0.2, 0.25) is 10.0 Å². The SMILES string of the molecule is O=C(Nc1nc(-c2ccc(Cl)cc2Cl)cs1)c1ccc(F)c(F)c1F. The lowest BCUT2D eigenvalue weighted by molar-refractivity contribution is 0.102. The highest BCUT2D eigenvalue weighted by atomic mass is 35.5. The highest BCUT2D eigenvalue weighted by Crippen LogP contribution is 2.32. The smallest absolute Gasteiger partial charge is 0.260 e. The molecule has 0 aliphatic heterocycles. The second kappa shape index (κ2) is 7.03. The average Bonchev–Trinajstić information content (AvgIpc) is 3.00. The van der Waals surface area contributed by atoms with E-state index in [0.717, 1.165) is 17.4 Å². The van der Waals surface area contributed by atoms with Crippen LogP contribution in [0, 0.1) is 17.5 Å². The third kappa shape index (κ3) is 3.63. The monoisotopic (exact) mass is 402 g/mol. The second-order valence-corrected chi connectivity index (χ2v) is 6.54. The van der Waals surface area contributed by atoms with E-state index in [-0.39, 0.29) is 5.13 Å². The molecule has 1 amide bonds. The van der Waals surface area contributed by atoms with Gasteiger partial charge in [0, 0.05) is 16.0 Å². The molecule has 0 saturated heterocycles. The highest BCUT2D eigenvalue weighted by Gasteiger charge is 2.20. The Balaban J connectivity index is 1.84. The van der Waals surface area contributed by atoms with E-state index in [1.165, 1.54) is 0 Å². The lowest BCUT2D eigenvalue weighted by atomic mass is 10.2. The molecule has 25 heavy (non-hydrogen) atoms. The summed E-state index contributed by atoms with van der Waals surface area (Å²) in [5.41, 5.74) is 0.453. The van der Waals surface area contributed by atoms with Gasteiger partial charge in [0.05, 0.1) is 16.3 Å². The summed E-state index contributed by atoms with van der Waals surface area (Å²) >= 11 is 13.0. The highest BCUT2D eigenvalue weighted by molar-refractivity contribution is 7.14. The molecule has 1 N–H and O–H groups in total. The Labute approximate surface area is 154 Å². The van der Waals surface area contributed by atoms with Crippen molar-refractivity contribution in [2.75, 3.05) is 5.32 Å². The van der Waals surface area contributed by atoms with Crippen molar-refractivity contribution in [1.29, 1.82) is 0 Å². The van der Waals surface area contributed by atoms with E-state index >= 15 is 0 Å². The number of thiazole rings is 1. The fourth-order valence-corrected chi connectivity index (χ4v) is 3.23. The summed E-state index contributed by atoms with van der Waals surface area (Å²) in [6.45, 7) is 0. The fraction of sp³-hybridized carbons (Fsp3) is 0. The van der Waals surface area contributed by atoms with Gasteiger partial charge in [0.25, 0.3) is 5.91 Å². The van der Waals surface area contributed by atoms with Crippen LogP contribution in [0.1, 0.15) is 10.4 Å². The number of nitrogens with one attached hydrogen (secondary N) is 1. The summed E-state index contributed by atoms with van der Waals surface area (Å²) in [6.07, 6.45) is 0. The molecule has 1 heterocycles. The third-order valence-corrected chi connectivity index (χ3v) is 4.52. The minimum atomic E-state index is -1.71. The van der Waals surface area contributed by atoms with Crippen molar-refractivity contribution < 1.29 is 18.0 Å². The van der Waals surface area contributed by atoms with Crippen LogP contribution in [0.25, 0.3) is 11.3 Å². The molecule has 2 aromatic carbocycles. The summed E-state index contributed by atoms with van der Waals surface area (Å²) in [7, 11) is 0. The predicted molar refractivity (Wildman–Crippen MR) is 91.8 cm³/mol. The van der Waals surface area contributed by atoms with Crippen LogP contribution in [0.4, 0.5) is 18.3 Å². The molecular weight excluding hydrogens is 396 g/mol. The van der Waals surface area contributed by atoms with Gasteiger partial charge in [-0.15, -0.1) is 11.3 Å². The Bertz CT molecular complexity index is 978. The van der Waals surface area contributed by atoms with Crippen molar-refractivity contribution in [3.8, 4) is 11.3 Å². The molecule has 128 valence electrons. The van der Waals surface area contributed by atoms with E-state index in [1.54, 1.807) is 23.6 Å². The van der Waals surface area contributed by atoms with Gasteiger partial charge in [-0.25, -0.2) is 18.2 Å². The number of benzene rings is 2. The molecule has 0 unspecified atom stereocenters. The van der Waals surface area contributed by atoms with Crippen molar-refractivity contribution in [3.63, 3.8) is 0 Å². The number of amides is 1. The van der Waals surface area contributed by atoms with Gasteiger partial charge >= 0.3 is 0 Å². The molecule has 1 aromatic heterocycles. The maximum Gasteiger partial charge on any atom is 0.260 e. The quantitative estimate of drug-likeness (QED) is 0.563. The first-order chi connectivity index (χ1) is 11.9. The number of aromatic nitrogens is 1. The number of rotatable bonds is 3.